The van der Waals surface area contributed by atoms with E-state index in [1.807, 2.05) is 0 Å². The number of carbonyl (C=O) groups excluding carboxylic acids is 3. The SMILES string of the molecule is CN1C(=O)CC(=O)N(CC23CCC(CC2)C3)C1=O. The van der Waals surface area contributed by atoms with Crippen LogP contribution in [0, 0.1) is 11.3 Å². The van der Waals surface area contributed by atoms with Crippen molar-refractivity contribution < 1.29 is 14.4 Å². The number of fused-ring (bicyclic) bond motifs is 2. The highest BCUT2D eigenvalue weighted by Crippen LogP contribution is 2.54. The van der Waals surface area contributed by atoms with Gasteiger partial charge in [-0.15, -0.1) is 0 Å². The number of rotatable bonds is 2. The molecule has 0 aromatic rings. The second kappa shape index (κ2) is 3.80. The van der Waals surface area contributed by atoms with Crippen LogP contribution in [0.1, 0.15) is 38.5 Å². The Balaban J connectivity index is 1.77. The summed E-state index contributed by atoms with van der Waals surface area (Å²) in [5.41, 5.74) is 0.150. The molecule has 5 nitrogen and oxygen atoms in total. The molecule has 1 heterocycles. The van der Waals surface area contributed by atoms with Gasteiger partial charge in [-0.05, 0) is 43.4 Å². The smallest absolute Gasteiger partial charge is 0.274 e. The van der Waals surface area contributed by atoms with E-state index in [1.165, 1.54) is 24.8 Å². The molecule has 3 aliphatic rings. The lowest BCUT2D eigenvalue weighted by molar-refractivity contribution is -0.142. The molecule has 0 aromatic carbocycles. The van der Waals surface area contributed by atoms with Crippen LogP contribution in [-0.2, 0) is 9.59 Å². The van der Waals surface area contributed by atoms with Crippen molar-refractivity contribution in [1.29, 1.82) is 0 Å². The summed E-state index contributed by atoms with van der Waals surface area (Å²) in [6, 6.07) is -0.444. The van der Waals surface area contributed by atoms with Gasteiger partial charge in [0.25, 0.3) is 0 Å². The minimum atomic E-state index is -0.444. The fraction of sp³-hybridized carbons (Fsp3) is 0.769. The van der Waals surface area contributed by atoms with E-state index in [9.17, 15) is 14.4 Å². The highest BCUT2D eigenvalue weighted by Gasteiger charge is 2.48. The summed E-state index contributed by atoms with van der Waals surface area (Å²) in [4.78, 5) is 37.7. The maximum Gasteiger partial charge on any atom is 0.333 e. The summed E-state index contributed by atoms with van der Waals surface area (Å²) in [7, 11) is 1.45. The van der Waals surface area contributed by atoms with Crippen LogP contribution in [0.4, 0.5) is 4.79 Å². The van der Waals surface area contributed by atoms with E-state index < -0.39 is 11.9 Å². The Morgan fingerprint density at radius 1 is 1.17 bits per heavy atom. The first-order valence-electron chi connectivity index (χ1n) is 6.62. The van der Waals surface area contributed by atoms with Gasteiger partial charge in [0.05, 0.1) is 0 Å². The first-order valence-corrected chi connectivity index (χ1v) is 6.62. The van der Waals surface area contributed by atoms with Crippen molar-refractivity contribution in [2.45, 2.75) is 38.5 Å². The van der Waals surface area contributed by atoms with Crippen molar-refractivity contribution in [1.82, 2.24) is 9.80 Å². The molecule has 2 saturated carbocycles. The molecule has 1 aliphatic heterocycles. The highest BCUT2D eigenvalue weighted by atomic mass is 16.2. The summed E-state index contributed by atoms with van der Waals surface area (Å²) in [6.07, 6.45) is 5.66. The second-order valence-corrected chi connectivity index (χ2v) is 6.04. The van der Waals surface area contributed by atoms with Gasteiger partial charge >= 0.3 is 6.03 Å². The third-order valence-corrected chi connectivity index (χ3v) is 4.88. The summed E-state index contributed by atoms with van der Waals surface area (Å²) >= 11 is 0. The predicted octanol–water partition coefficient (Wildman–Crippen LogP) is 1.38. The molecule has 98 valence electrons. The van der Waals surface area contributed by atoms with Crippen LogP contribution in [0.3, 0.4) is 0 Å². The van der Waals surface area contributed by atoms with Crippen molar-refractivity contribution in [2.75, 3.05) is 13.6 Å². The van der Waals surface area contributed by atoms with Gasteiger partial charge in [0, 0.05) is 13.6 Å². The Morgan fingerprint density at radius 2 is 1.83 bits per heavy atom. The van der Waals surface area contributed by atoms with E-state index in [0.717, 1.165) is 30.1 Å². The summed E-state index contributed by atoms with van der Waals surface area (Å²) in [5.74, 6) is 0.0710. The van der Waals surface area contributed by atoms with Crippen molar-refractivity contribution in [2.24, 2.45) is 11.3 Å². The quantitative estimate of drug-likeness (QED) is 0.696. The van der Waals surface area contributed by atoms with Gasteiger partial charge in [-0.2, -0.15) is 0 Å². The van der Waals surface area contributed by atoms with Crippen molar-refractivity contribution >= 4 is 17.8 Å². The standard InChI is InChI=1S/C13H18N2O3/c1-14-10(16)6-11(17)15(12(14)18)8-13-4-2-9(7-13)3-5-13/h9H,2-8H2,1H3. The second-order valence-electron chi connectivity index (χ2n) is 6.04. The molecule has 0 spiro atoms. The number of carbonyl (C=O) groups is 3. The minimum Gasteiger partial charge on any atom is -0.274 e. The zero-order chi connectivity index (χ0) is 12.9. The lowest BCUT2D eigenvalue weighted by Gasteiger charge is -2.36. The Hall–Kier alpha value is -1.39. The number of nitrogens with zero attached hydrogens (tertiary/aromatic N) is 2. The number of hydrogen-bond acceptors (Lipinski definition) is 3. The van der Waals surface area contributed by atoms with E-state index in [0.29, 0.717) is 6.54 Å². The topological polar surface area (TPSA) is 57.7 Å². The predicted molar refractivity (Wildman–Crippen MR) is 63.5 cm³/mol. The Morgan fingerprint density at radius 3 is 2.39 bits per heavy atom. The van der Waals surface area contributed by atoms with Crippen LogP contribution < -0.4 is 0 Å². The van der Waals surface area contributed by atoms with Crippen LogP contribution in [0.15, 0.2) is 0 Å². The number of amides is 4. The molecule has 0 radical (unpaired) electrons. The van der Waals surface area contributed by atoms with E-state index in [-0.39, 0.29) is 17.7 Å². The molecule has 2 bridgehead atoms. The summed E-state index contributed by atoms with van der Waals surface area (Å²) in [6.45, 7) is 0.513. The largest absolute Gasteiger partial charge is 0.333 e. The monoisotopic (exact) mass is 250 g/mol. The van der Waals surface area contributed by atoms with Gasteiger partial charge in [0.1, 0.15) is 6.42 Å². The van der Waals surface area contributed by atoms with Crippen molar-refractivity contribution in [3.05, 3.63) is 0 Å². The molecule has 0 atom stereocenters. The molecule has 3 rings (SSSR count). The molecule has 3 fully saturated rings. The summed E-state index contributed by atoms with van der Waals surface area (Å²) < 4.78 is 0. The number of imide groups is 2. The van der Waals surface area contributed by atoms with E-state index >= 15 is 0 Å². The fourth-order valence-corrected chi connectivity index (χ4v) is 3.76. The minimum absolute atomic E-state index is 0.150. The number of urea groups is 1. The molecule has 0 N–H and O–H groups in total. The molecular weight excluding hydrogens is 232 g/mol. The van der Waals surface area contributed by atoms with Gasteiger partial charge in [0.2, 0.25) is 11.8 Å². The van der Waals surface area contributed by atoms with Gasteiger partial charge in [-0.25, -0.2) is 4.79 Å². The van der Waals surface area contributed by atoms with Gasteiger partial charge in [-0.1, -0.05) is 0 Å². The molecule has 2 aliphatic carbocycles. The zero-order valence-electron chi connectivity index (χ0n) is 10.6. The highest BCUT2D eigenvalue weighted by molar-refractivity contribution is 6.13. The molecule has 4 amide bonds. The lowest BCUT2D eigenvalue weighted by atomic mass is 9.83. The molecule has 0 unspecified atom stereocenters. The van der Waals surface area contributed by atoms with Gasteiger partial charge in [-0.3, -0.25) is 19.4 Å². The van der Waals surface area contributed by atoms with E-state index in [4.69, 9.17) is 0 Å². The molecule has 1 saturated heterocycles. The average Bonchev–Trinajstić information content (AvgIpc) is 2.92. The third-order valence-electron chi connectivity index (χ3n) is 4.88. The normalized spacial score (nSPS) is 35.8. The molecule has 0 aromatic heterocycles. The van der Waals surface area contributed by atoms with E-state index in [2.05, 4.69) is 0 Å². The maximum absolute atomic E-state index is 12.0. The van der Waals surface area contributed by atoms with Crippen LogP contribution >= 0.6 is 0 Å². The fourth-order valence-electron chi connectivity index (χ4n) is 3.76. The average molecular weight is 250 g/mol. The van der Waals surface area contributed by atoms with Crippen molar-refractivity contribution in [3.8, 4) is 0 Å². The first kappa shape index (κ1) is 11.7. The Labute approximate surface area is 106 Å². The van der Waals surface area contributed by atoms with Crippen LogP contribution in [0.25, 0.3) is 0 Å². The first-order chi connectivity index (χ1) is 8.51. The number of barbiturate groups is 1. The maximum atomic E-state index is 12.0. The zero-order valence-corrected chi connectivity index (χ0v) is 10.6. The Kier molecular flexibility index (Phi) is 2.47. The van der Waals surface area contributed by atoms with Gasteiger partial charge in [0.15, 0.2) is 0 Å². The molecule has 18 heavy (non-hydrogen) atoms. The van der Waals surface area contributed by atoms with Crippen LogP contribution in [-0.4, -0.2) is 41.2 Å². The van der Waals surface area contributed by atoms with Crippen LogP contribution in [0.2, 0.25) is 0 Å². The van der Waals surface area contributed by atoms with Gasteiger partial charge < -0.3 is 0 Å². The Bertz CT molecular complexity index is 424. The van der Waals surface area contributed by atoms with Crippen molar-refractivity contribution in [3.63, 3.8) is 0 Å². The molecular formula is C13H18N2O3. The molecule has 5 heteroatoms. The lowest BCUT2D eigenvalue weighted by Crippen LogP contribution is -2.55. The van der Waals surface area contributed by atoms with Crippen LogP contribution in [0.5, 0.6) is 0 Å². The third kappa shape index (κ3) is 1.64. The summed E-state index contributed by atoms with van der Waals surface area (Å²) in [5, 5.41) is 0. The van der Waals surface area contributed by atoms with E-state index in [1.54, 1.807) is 0 Å². The number of hydrogen-bond donors (Lipinski definition) is 0.